The van der Waals surface area contributed by atoms with E-state index in [0.29, 0.717) is 11.7 Å². The van der Waals surface area contributed by atoms with Crippen LogP contribution in [0.25, 0.3) is 11.6 Å². The van der Waals surface area contributed by atoms with Crippen LogP contribution >= 0.6 is 0 Å². The van der Waals surface area contributed by atoms with Crippen molar-refractivity contribution in [3.8, 4) is 5.75 Å². The molecule has 0 radical (unpaired) electrons. The van der Waals surface area contributed by atoms with Gasteiger partial charge in [-0.2, -0.15) is 0 Å². The maximum absolute atomic E-state index is 12.4. The summed E-state index contributed by atoms with van der Waals surface area (Å²) in [6.45, 7) is 3.52. The van der Waals surface area contributed by atoms with Gasteiger partial charge in [0.15, 0.2) is 22.9 Å². The molecular weight excluding hydrogens is 334 g/mol. The van der Waals surface area contributed by atoms with Crippen LogP contribution in [-0.2, 0) is 4.74 Å². The van der Waals surface area contributed by atoms with Crippen molar-refractivity contribution < 1.29 is 19.1 Å². The zero-order chi connectivity index (χ0) is 18.1. The molecule has 1 saturated heterocycles. The highest BCUT2D eigenvalue weighted by Gasteiger charge is 2.31. The number of ether oxygens (including phenoxy) is 1. The molecule has 0 aromatic carbocycles. The SMILES string of the molecule is CCOC(=O)c1c(N2CCCC2)oc(C=C2C=Nc3ncccc32)c1O. The number of esters is 1. The van der Waals surface area contributed by atoms with E-state index >= 15 is 0 Å². The Hall–Kier alpha value is -3.09. The lowest BCUT2D eigenvalue weighted by atomic mass is 10.1. The number of nitrogens with zero attached hydrogens (tertiary/aromatic N) is 3. The predicted octanol–water partition coefficient (Wildman–Crippen LogP) is 3.41. The zero-order valence-corrected chi connectivity index (χ0v) is 14.4. The Labute approximate surface area is 150 Å². The fourth-order valence-electron chi connectivity index (χ4n) is 3.24. The molecular formula is C19H19N3O4. The van der Waals surface area contributed by atoms with E-state index in [9.17, 15) is 9.90 Å². The third-order valence-corrected chi connectivity index (χ3v) is 4.47. The number of pyridine rings is 1. The number of carbonyl (C=O) groups is 1. The third kappa shape index (κ3) is 2.75. The number of rotatable bonds is 4. The summed E-state index contributed by atoms with van der Waals surface area (Å²) in [4.78, 5) is 22.8. The van der Waals surface area contributed by atoms with Crippen molar-refractivity contribution in [3.63, 3.8) is 0 Å². The standard InChI is InChI=1S/C19H19N3O4/c1-2-25-19(24)15-16(23)14(26-18(15)22-8-3-4-9-22)10-12-11-21-17-13(12)6-5-7-20-17/h5-7,10-11,23H,2-4,8-9H2,1H3. The Morgan fingerprint density at radius 1 is 1.42 bits per heavy atom. The predicted molar refractivity (Wildman–Crippen MR) is 98.0 cm³/mol. The summed E-state index contributed by atoms with van der Waals surface area (Å²) in [6, 6.07) is 3.72. The number of anilines is 1. The first kappa shape index (κ1) is 16.4. The van der Waals surface area contributed by atoms with Crippen LogP contribution in [0, 0.1) is 0 Å². The average Bonchev–Trinajstić information content (AvgIpc) is 3.36. The molecule has 4 heterocycles. The number of fused-ring (bicyclic) bond motifs is 1. The first-order chi connectivity index (χ1) is 12.7. The van der Waals surface area contributed by atoms with Gasteiger partial charge in [-0.15, -0.1) is 0 Å². The van der Waals surface area contributed by atoms with Crippen LogP contribution in [0.2, 0.25) is 0 Å². The lowest BCUT2D eigenvalue weighted by Gasteiger charge is -2.15. The Morgan fingerprint density at radius 2 is 2.23 bits per heavy atom. The Kier molecular flexibility index (Phi) is 4.20. The molecule has 0 unspecified atom stereocenters. The molecule has 2 aliphatic rings. The Balaban J connectivity index is 1.78. The van der Waals surface area contributed by atoms with Crippen LogP contribution in [0.3, 0.4) is 0 Å². The van der Waals surface area contributed by atoms with Gasteiger partial charge in [-0.1, -0.05) is 0 Å². The molecule has 0 bridgehead atoms. The van der Waals surface area contributed by atoms with Crippen LogP contribution in [0.15, 0.2) is 27.7 Å². The normalized spacial score (nSPS) is 17.1. The van der Waals surface area contributed by atoms with Gasteiger partial charge in [-0.25, -0.2) is 14.8 Å². The van der Waals surface area contributed by atoms with Gasteiger partial charge in [0.05, 0.1) is 6.61 Å². The minimum Gasteiger partial charge on any atom is -0.504 e. The van der Waals surface area contributed by atoms with E-state index in [4.69, 9.17) is 9.15 Å². The van der Waals surface area contributed by atoms with E-state index < -0.39 is 5.97 Å². The van der Waals surface area contributed by atoms with Gasteiger partial charge < -0.3 is 19.2 Å². The van der Waals surface area contributed by atoms with E-state index in [2.05, 4.69) is 9.98 Å². The monoisotopic (exact) mass is 353 g/mol. The highest BCUT2D eigenvalue weighted by molar-refractivity contribution is 6.21. The fraction of sp³-hybridized carbons (Fsp3) is 0.316. The van der Waals surface area contributed by atoms with Crippen LogP contribution in [0.5, 0.6) is 5.75 Å². The van der Waals surface area contributed by atoms with Crippen molar-refractivity contribution in [1.82, 2.24) is 4.98 Å². The second-order valence-corrected chi connectivity index (χ2v) is 6.14. The number of aromatic nitrogens is 1. The molecule has 134 valence electrons. The van der Waals surface area contributed by atoms with E-state index in [1.54, 1.807) is 25.4 Å². The maximum atomic E-state index is 12.4. The topological polar surface area (TPSA) is 88.2 Å². The van der Waals surface area contributed by atoms with Crippen LogP contribution in [-0.4, -0.2) is 42.0 Å². The molecule has 0 aliphatic carbocycles. The van der Waals surface area contributed by atoms with Gasteiger partial charge in [-0.3, -0.25) is 0 Å². The summed E-state index contributed by atoms with van der Waals surface area (Å²) in [5.74, 6) is 0.418. The molecule has 0 saturated carbocycles. The molecule has 2 aromatic rings. The molecule has 4 rings (SSSR count). The van der Waals surface area contributed by atoms with Gasteiger partial charge in [0.1, 0.15) is 0 Å². The van der Waals surface area contributed by atoms with Crippen molar-refractivity contribution >= 4 is 35.5 Å². The second-order valence-electron chi connectivity index (χ2n) is 6.14. The van der Waals surface area contributed by atoms with Crippen LogP contribution < -0.4 is 4.90 Å². The first-order valence-electron chi connectivity index (χ1n) is 8.68. The molecule has 2 aliphatic heterocycles. The molecule has 7 heteroatoms. The summed E-state index contributed by atoms with van der Waals surface area (Å²) >= 11 is 0. The summed E-state index contributed by atoms with van der Waals surface area (Å²) < 4.78 is 11.0. The van der Waals surface area contributed by atoms with Crippen molar-refractivity contribution in [2.75, 3.05) is 24.6 Å². The molecule has 0 spiro atoms. The molecule has 1 fully saturated rings. The highest BCUT2D eigenvalue weighted by atomic mass is 16.5. The summed E-state index contributed by atoms with van der Waals surface area (Å²) in [5, 5.41) is 10.6. The van der Waals surface area contributed by atoms with E-state index in [1.165, 1.54) is 0 Å². The Morgan fingerprint density at radius 3 is 3.00 bits per heavy atom. The van der Waals surface area contributed by atoms with Crippen molar-refractivity contribution in [1.29, 1.82) is 0 Å². The smallest absolute Gasteiger partial charge is 0.347 e. The fourth-order valence-corrected chi connectivity index (χ4v) is 3.24. The second kappa shape index (κ2) is 6.67. The van der Waals surface area contributed by atoms with E-state index in [1.807, 2.05) is 17.0 Å². The lowest BCUT2D eigenvalue weighted by Crippen LogP contribution is -2.20. The quantitative estimate of drug-likeness (QED) is 0.848. The molecule has 1 N–H and O–H groups in total. The zero-order valence-electron chi connectivity index (χ0n) is 14.4. The van der Waals surface area contributed by atoms with Gasteiger partial charge in [-0.05, 0) is 38.0 Å². The first-order valence-corrected chi connectivity index (χ1v) is 8.68. The molecule has 2 aromatic heterocycles. The highest BCUT2D eigenvalue weighted by Crippen LogP contribution is 2.40. The number of furan rings is 1. The maximum Gasteiger partial charge on any atom is 0.347 e. The average molecular weight is 353 g/mol. The molecule has 7 nitrogen and oxygen atoms in total. The summed E-state index contributed by atoms with van der Waals surface area (Å²) in [7, 11) is 0. The van der Waals surface area contributed by atoms with Crippen LogP contribution in [0.4, 0.5) is 11.7 Å². The molecule has 0 atom stereocenters. The van der Waals surface area contributed by atoms with Gasteiger partial charge >= 0.3 is 5.97 Å². The van der Waals surface area contributed by atoms with Gasteiger partial charge in [0.25, 0.3) is 0 Å². The molecule has 0 amide bonds. The number of aromatic hydroxyl groups is 1. The van der Waals surface area contributed by atoms with Crippen molar-refractivity contribution in [2.45, 2.75) is 19.8 Å². The number of carbonyl (C=O) groups excluding carboxylic acids is 1. The summed E-state index contributed by atoms with van der Waals surface area (Å²) in [6.07, 6.45) is 7.05. The minimum absolute atomic E-state index is 0.0851. The lowest BCUT2D eigenvalue weighted by molar-refractivity contribution is 0.0523. The number of aliphatic imine (C=N–C) groups is 1. The minimum atomic E-state index is -0.581. The van der Waals surface area contributed by atoms with E-state index in [0.717, 1.165) is 37.1 Å². The van der Waals surface area contributed by atoms with E-state index in [-0.39, 0.29) is 23.7 Å². The Bertz CT molecular complexity index is 908. The van der Waals surface area contributed by atoms with Crippen LogP contribution in [0.1, 0.15) is 41.4 Å². The van der Waals surface area contributed by atoms with Crippen molar-refractivity contribution in [2.24, 2.45) is 4.99 Å². The number of hydrogen-bond donors (Lipinski definition) is 1. The number of hydrogen-bond acceptors (Lipinski definition) is 7. The van der Waals surface area contributed by atoms with Gasteiger partial charge in [0, 0.05) is 36.6 Å². The number of allylic oxidation sites excluding steroid dienone is 1. The molecule has 26 heavy (non-hydrogen) atoms. The summed E-state index contributed by atoms with van der Waals surface area (Å²) in [5.41, 5.74) is 1.70. The largest absolute Gasteiger partial charge is 0.504 e. The van der Waals surface area contributed by atoms with Crippen molar-refractivity contribution in [3.05, 3.63) is 35.2 Å². The third-order valence-electron chi connectivity index (χ3n) is 4.47. The van der Waals surface area contributed by atoms with Gasteiger partial charge in [0.2, 0.25) is 5.88 Å².